The molecule has 0 aliphatic rings. The van der Waals surface area contributed by atoms with Crippen molar-refractivity contribution in [1.29, 1.82) is 0 Å². The van der Waals surface area contributed by atoms with Crippen molar-refractivity contribution in [3.05, 3.63) is 23.8 Å². The number of hydrogen-bond donors (Lipinski definition) is 2. The van der Waals surface area contributed by atoms with Crippen molar-refractivity contribution >= 4 is 32.6 Å². The van der Waals surface area contributed by atoms with Crippen LogP contribution in [0.15, 0.2) is 18.2 Å². The minimum Gasteiger partial charge on any atom is -0.375 e. The molecule has 0 saturated carbocycles. The smallest absolute Gasteiger partial charge is 0.251 e. The molecule has 0 spiro atoms. The van der Waals surface area contributed by atoms with E-state index in [0.717, 1.165) is 16.6 Å². The van der Waals surface area contributed by atoms with E-state index >= 15 is 0 Å². The maximum atomic E-state index is 12.1. The Morgan fingerprint density at radius 2 is 2.42 bits per heavy atom. The minimum atomic E-state index is -0.115. The van der Waals surface area contributed by atoms with Crippen LogP contribution in [0.2, 0.25) is 0 Å². The number of carbonyl (C=O) groups is 1. The van der Waals surface area contributed by atoms with E-state index in [-0.39, 0.29) is 11.9 Å². The van der Waals surface area contributed by atoms with Gasteiger partial charge in [-0.05, 0) is 24.6 Å². The third-order valence-electron chi connectivity index (χ3n) is 2.86. The molecule has 4 nitrogen and oxygen atoms in total. The second-order valence-electron chi connectivity index (χ2n) is 4.22. The van der Waals surface area contributed by atoms with Crippen LogP contribution in [0.5, 0.6) is 0 Å². The summed E-state index contributed by atoms with van der Waals surface area (Å²) in [5.41, 5.74) is 7.06. The highest BCUT2D eigenvalue weighted by Gasteiger charge is 2.12. The van der Waals surface area contributed by atoms with Crippen LogP contribution in [0.3, 0.4) is 0 Å². The summed E-state index contributed by atoms with van der Waals surface area (Å²) in [4.78, 5) is 16.3. The van der Waals surface area contributed by atoms with Gasteiger partial charge in [0.1, 0.15) is 0 Å². The fourth-order valence-corrected chi connectivity index (χ4v) is 2.57. The van der Waals surface area contributed by atoms with Gasteiger partial charge in [0.15, 0.2) is 5.13 Å². The molecule has 0 aliphatic carbocycles. The van der Waals surface area contributed by atoms with E-state index in [9.17, 15) is 4.79 Å². The van der Waals surface area contributed by atoms with Gasteiger partial charge in [-0.25, -0.2) is 4.98 Å². The Balaban J connectivity index is 2.19. The molecule has 0 saturated heterocycles. The molecule has 1 aromatic carbocycles. The zero-order valence-electron chi connectivity index (χ0n) is 10.6. The van der Waals surface area contributed by atoms with Crippen LogP contribution in [0, 0.1) is 12.3 Å². The average molecular weight is 273 g/mol. The Kier molecular flexibility index (Phi) is 4.03. The van der Waals surface area contributed by atoms with E-state index in [2.05, 4.69) is 16.2 Å². The van der Waals surface area contributed by atoms with Gasteiger partial charge in [0.25, 0.3) is 5.91 Å². The van der Waals surface area contributed by atoms with Gasteiger partial charge < -0.3 is 11.1 Å². The lowest BCUT2D eigenvalue weighted by atomic mass is 10.1. The summed E-state index contributed by atoms with van der Waals surface area (Å²) in [5, 5.41) is 3.43. The van der Waals surface area contributed by atoms with Gasteiger partial charge in [0, 0.05) is 18.0 Å². The van der Waals surface area contributed by atoms with Gasteiger partial charge >= 0.3 is 0 Å². The SMILES string of the molecule is C#CCC(CC)NC(=O)c1ccc2nc(N)sc2c1. The molecule has 0 aliphatic heterocycles. The molecule has 2 aromatic rings. The summed E-state index contributed by atoms with van der Waals surface area (Å²) in [5.74, 6) is 2.45. The summed E-state index contributed by atoms with van der Waals surface area (Å²) in [6, 6.07) is 5.37. The maximum absolute atomic E-state index is 12.1. The first-order valence-corrected chi connectivity index (χ1v) is 6.86. The van der Waals surface area contributed by atoms with Crippen LogP contribution in [-0.4, -0.2) is 16.9 Å². The molecule has 19 heavy (non-hydrogen) atoms. The second-order valence-corrected chi connectivity index (χ2v) is 5.28. The van der Waals surface area contributed by atoms with Crippen LogP contribution in [-0.2, 0) is 0 Å². The van der Waals surface area contributed by atoms with E-state index in [1.54, 1.807) is 18.2 Å². The third-order valence-corrected chi connectivity index (χ3v) is 3.71. The summed E-state index contributed by atoms with van der Waals surface area (Å²) in [7, 11) is 0. The Labute approximate surface area is 116 Å². The number of nitrogens with zero attached hydrogens (tertiary/aromatic N) is 1. The zero-order valence-corrected chi connectivity index (χ0v) is 11.5. The van der Waals surface area contributed by atoms with Crippen LogP contribution in [0.25, 0.3) is 10.2 Å². The zero-order chi connectivity index (χ0) is 13.8. The number of nitrogen functional groups attached to an aromatic ring is 1. The number of anilines is 1. The largest absolute Gasteiger partial charge is 0.375 e. The van der Waals surface area contributed by atoms with Gasteiger partial charge in [-0.1, -0.05) is 18.3 Å². The molecule has 0 radical (unpaired) electrons. The molecule has 98 valence electrons. The van der Waals surface area contributed by atoms with Gasteiger partial charge in [0.05, 0.1) is 10.2 Å². The van der Waals surface area contributed by atoms with E-state index in [1.807, 2.05) is 6.92 Å². The van der Waals surface area contributed by atoms with Crippen LogP contribution < -0.4 is 11.1 Å². The number of amides is 1. The Hall–Kier alpha value is -2.06. The number of thiazole rings is 1. The molecule has 1 unspecified atom stereocenters. The number of benzene rings is 1. The molecular weight excluding hydrogens is 258 g/mol. The molecule has 1 amide bonds. The van der Waals surface area contributed by atoms with Gasteiger partial charge in [-0.2, -0.15) is 0 Å². The number of terminal acetylenes is 1. The lowest BCUT2D eigenvalue weighted by Gasteiger charge is -2.14. The highest BCUT2D eigenvalue weighted by atomic mass is 32.1. The quantitative estimate of drug-likeness (QED) is 0.841. The molecular formula is C14H15N3OS. The second kappa shape index (κ2) is 5.72. The van der Waals surface area contributed by atoms with Crippen molar-refractivity contribution in [3.8, 4) is 12.3 Å². The lowest BCUT2D eigenvalue weighted by Crippen LogP contribution is -2.34. The maximum Gasteiger partial charge on any atom is 0.251 e. The third kappa shape index (κ3) is 3.04. The number of nitrogens with two attached hydrogens (primary N) is 1. The number of nitrogens with one attached hydrogen (secondary N) is 1. The molecule has 1 aromatic heterocycles. The Morgan fingerprint density at radius 3 is 3.11 bits per heavy atom. The standard InChI is InChI=1S/C14H15N3OS/c1-3-5-10(4-2)16-13(18)9-6-7-11-12(8-9)19-14(15)17-11/h1,6-8,10H,4-5H2,2H3,(H2,15,17)(H,16,18). The number of aromatic nitrogens is 1. The summed E-state index contributed by atoms with van der Waals surface area (Å²) in [6.45, 7) is 2.00. The highest BCUT2D eigenvalue weighted by molar-refractivity contribution is 7.22. The van der Waals surface area contributed by atoms with E-state index in [4.69, 9.17) is 12.2 Å². The van der Waals surface area contributed by atoms with Gasteiger partial charge in [-0.3, -0.25) is 4.79 Å². The normalized spacial score (nSPS) is 12.0. The molecule has 0 fully saturated rings. The van der Waals surface area contributed by atoms with Crippen LogP contribution >= 0.6 is 11.3 Å². The minimum absolute atomic E-state index is 0.0136. The molecule has 1 atom stereocenters. The first-order valence-electron chi connectivity index (χ1n) is 6.04. The van der Waals surface area contributed by atoms with Crippen molar-refractivity contribution < 1.29 is 4.79 Å². The summed E-state index contributed by atoms with van der Waals surface area (Å²) < 4.78 is 0.912. The van der Waals surface area contributed by atoms with E-state index in [1.165, 1.54) is 11.3 Å². The topological polar surface area (TPSA) is 68.0 Å². The summed E-state index contributed by atoms with van der Waals surface area (Å²) >= 11 is 1.37. The lowest BCUT2D eigenvalue weighted by molar-refractivity contribution is 0.0937. The van der Waals surface area contributed by atoms with Crippen molar-refractivity contribution in [1.82, 2.24) is 10.3 Å². The van der Waals surface area contributed by atoms with Gasteiger partial charge in [0.2, 0.25) is 0 Å². The first kappa shape index (κ1) is 13.4. The fourth-order valence-electron chi connectivity index (χ4n) is 1.79. The fraction of sp³-hybridized carbons (Fsp3) is 0.286. The number of carbonyl (C=O) groups excluding carboxylic acids is 1. The molecule has 1 heterocycles. The molecule has 5 heteroatoms. The number of rotatable bonds is 4. The van der Waals surface area contributed by atoms with E-state index in [0.29, 0.717) is 17.1 Å². The van der Waals surface area contributed by atoms with Crippen molar-refractivity contribution in [2.24, 2.45) is 0 Å². The molecule has 3 N–H and O–H groups in total. The van der Waals surface area contributed by atoms with E-state index < -0.39 is 0 Å². The predicted octanol–water partition coefficient (Wildman–Crippen LogP) is 2.41. The highest BCUT2D eigenvalue weighted by Crippen LogP contribution is 2.24. The first-order chi connectivity index (χ1) is 9.13. The van der Waals surface area contributed by atoms with Crippen LogP contribution in [0.1, 0.15) is 30.1 Å². The van der Waals surface area contributed by atoms with Crippen molar-refractivity contribution in [3.63, 3.8) is 0 Å². The Morgan fingerprint density at radius 1 is 1.63 bits per heavy atom. The van der Waals surface area contributed by atoms with Crippen molar-refractivity contribution in [2.45, 2.75) is 25.8 Å². The van der Waals surface area contributed by atoms with Gasteiger partial charge in [-0.15, -0.1) is 12.3 Å². The predicted molar refractivity (Wildman–Crippen MR) is 79.0 cm³/mol. The monoisotopic (exact) mass is 273 g/mol. The van der Waals surface area contributed by atoms with Crippen molar-refractivity contribution in [2.75, 3.05) is 5.73 Å². The van der Waals surface area contributed by atoms with Crippen LogP contribution in [0.4, 0.5) is 5.13 Å². The Bertz CT molecular complexity index is 642. The molecule has 0 bridgehead atoms. The number of fused-ring (bicyclic) bond motifs is 1. The number of hydrogen-bond acceptors (Lipinski definition) is 4. The summed E-state index contributed by atoms with van der Waals surface area (Å²) in [6.07, 6.45) is 6.63. The molecule has 2 rings (SSSR count). The average Bonchev–Trinajstić information content (AvgIpc) is 2.76.